The summed E-state index contributed by atoms with van der Waals surface area (Å²) in [7, 11) is 0. The van der Waals surface area contributed by atoms with Gasteiger partial charge in [-0.25, -0.2) is 0 Å². The molecule has 2 aromatic rings. The van der Waals surface area contributed by atoms with Crippen LogP contribution in [-0.4, -0.2) is 19.1 Å². The molecule has 0 radical (unpaired) electrons. The average Bonchev–Trinajstić information content (AvgIpc) is 2.68. The number of amides is 1. The molecule has 0 unspecified atom stereocenters. The number of carbonyl (C=O) groups is 1. The third kappa shape index (κ3) is 5.91. The largest absolute Gasteiger partial charge is 0.490 e. The first kappa shape index (κ1) is 23.1. The molecule has 30 heavy (non-hydrogen) atoms. The molecule has 2 rings (SSSR count). The Morgan fingerprint density at radius 1 is 1.17 bits per heavy atom. The lowest BCUT2D eigenvalue weighted by Crippen LogP contribution is -2.14. The summed E-state index contributed by atoms with van der Waals surface area (Å²) in [5.74, 6) is -0.0845. The monoisotopic (exact) mass is 438 g/mol. The number of nitriles is 1. The average molecular weight is 439 g/mol. The Morgan fingerprint density at radius 3 is 2.37 bits per heavy atom. The van der Waals surface area contributed by atoms with E-state index in [0.29, 0.717) is 30.3 Å². The van der Waals surface area contributed by atoms with Gasteiger partial charge in [0.05, 0.1) is 23.8 Å². The maximum absolute atomic E-state index is 12.8. The predicted octanol–water partition coefficient (Wildman–Crippen LogP) is 5.70. The lowest BCUT2D eigenvalue weighted by atomic mass is 10.1. The zero-order valence-corrected chi connectivity index (χ0v) is 16.9. The third-order valence-electron chi connectivity index (χ3n) is 3.78. The first-order valence-corrected chi connectivity index (χ1v) is 9.26. The molecule has 0 saturated heterocycles. The van der Waals surface area contributed by atoms with E-state index in [2.05, 4.69) is 5.32 Å². The molecule has 0 aliphatic heterocycles. The Balaban J connectivity index is 2.34. The summed E-state index contributed by atoms with van der Waals surface area (Å²) >= 11 is 6.23. The van der Waals surface area contributed by atoms with Crippen molar-refractivity contribution in [3.8, 4) is 17.6 Å². The Hall–Kier alpha value is -3.18. The maximum Gasteiger partial charge on any atom is 0.416 e. The summed E-state index contributed by atoms with van der Waals surface area (Å²) in [5, 5.41) is 11.9. The molecule has 158 valence electrons. The molecule has 0 fully saturated rings. The molecular formula is C21H18ClF3N2O3. The van der Waals surface area contributed by atoms with Crippen LogP contribution in [0.4, 0.5) is 18.9 Å². The summed E-state index contributed by atoms with van der Waals surface area (Å²) in [6, 6.07) is 8.86. The molecule has 0 bridgehead atoms. The Bertz CT molecular complexity index is 998. The summed E-state index contributed by atoms with van der Waals surface area (Å²) in [6.07, 6.45) is -3.33. The van der Waals surface area contributed by atoms with Crippen LogP contribution in [0.5, 0.6) is 11.5 Å². The molecular weight excluding hydrogens is 421 g/mol. The fourth-order valence-electron chi connectivity index (χ4n) is 2.47. The highest BCUT2D eigenvalue weighted by Crippen LogP contribution is 2.35. The Morgan fingerprint density at radius 2 is 1.80 bits per heavy atom. The molecule has 5 nitrogen and oxygen atoms in total. The first-order chi connectivity index (χ1) is 14.2. The van der Waals surface area contributed by atoms with Crippen molar-refractivity contribution in [2.75, 3.05) is 18.5 Å². The van der Waals surface area contributed by atoms with Crippen LogP contribution in [0.2, 0.25) is 5.02 Å². The van der Waals surface area contributed by atoms with Crippen LogP contribution in [-0.2, 0) is 11.0 Å². The lowest BCUT2D eigenvalue weighted by Gasteiger charge is -2.13. The number of benzene rings is 2. The molecule has 0 aromatic heterocycles. The number of anilines is 1. The number of nitrogens with one attached hydrogen (secondary N) is 1. The van der Waals surface area contributed by atoms with Gasteiger partial charge in [-0.05, 0) is 49.8 Å². The van der Waals surface area contributed by atoms with Gasteiger partial charge in [0.1, 0.15) is 11.6 Å². The van der Waals surface area contributed by atoms with Crippen molar-refractivity contribution in [1.29, 1.82) is 5.26 Å². The van der Waals surface area contributed by atoms with Crippen molar-refractivity contribution in [2.45, 2.75) is 20.0 Å². The number of ether oxygens (including phenoxy) is 2. The molecule has 0 spiro atoms. The van der Waals surface area contributed by atoms with E-state index in [1.54, 1.807) is 19.9 Å². The molecule has 0 aliphatic carbocycles. The number of hydrogen-bond acceptors (Lipinski definition) is 4. The zero-order chi connectivity index (χ0) is 22.3. The van der Waals surface area contributed by atoms with Gasteiger partial charge in [-0.3, -0.25) is 4.79 Å². The van der Waals surface area contributed by atoms with E-state index in [0.717, 1.165) is 18.2 Å². The van der Waals surface area contributed by atoms with Crippen molar-refractivity contribution in [1.82, 2.24) is 0 Å². The van der Waals surface area contributed by atoms with E-state index in [9.17, 15) is 23.2 Å². The summed E-state index contributed by atoms with van der Waals surface area (Å²) in [5.41, 5.74) is -1.04. The molecule has 2 aromatic carbocycles. The zero-order valence-electron chi connectivity index (χ0n) is 16.1. The Kier molecular flexibility index (Phi) is 7.72. The van der Waals surface area contributed by atoms with Gasteiger partial charge in [0.25, 0.3) is 5.91 Å². The van der Waals surface area contributed by atoms with E-state index in [-0.39, 0.29) is 16.3 Å². The molecule has 9 heteroatoms. The maximum atomic E-state index is 12.8. The highest BCUT2D eigenvalue weighted by molar-refractivity contribution is 6.32. The van der Waals surface area contributed by atoms with E-state index in [1.165, 1.54) is 24.3 Å². The van der Waals surface area contributed by atoms with Gasteiger partial charge in [-0.2, -0.15) is 18.4 Å². The second kappa shape index (κ2) is 10.0. The minimum Gasteiger partial charge on any atom is -0.490 e. The van der Waals surface area contributed by atoms with Gasteiger partial charge in [-0.1, -0.05) is 17.7 Å². The highest BCUT2D eigenvalue weighted by atomic mass is 35.5. The smallest absolute Gasteiger partial charge is 0.416 e. The number of hydrogen-bond donors (Lipinski definition) is 1. The summed E-state index contributed by atoms with van der Waals surface area (Å²) in [4.78, 5) is 12.4. The third-order valence-corrected chi connectivity index (χ3v) is 4.10. The molecule has 0 aliphatic rings. The topological polar surface area (TPSA) is 71.3 Å². The van der Waals surface area contributed by atoms with Crippen molar-refractivity contribution in [3.05, 3.63) is 58.1 Å². The van der Waals surface area contributed by atoms with Gasteiger partial charge < -0.3 is 14.8 Å². The van der Waals surface area contributed by atoms with Gasteiger partial charge in [0.2, 0.25) is 0 Å². The van der Waals surface area contributed by atoms with Crippen LogP contribution in [0.25, 0.3) is 6.08 Å². The number of rotatable bonds is 7. The fraction of sp³-hybridized carbons (Fsp3) is 0.238. The lowest BCUT2D eigenvalue weighted by molar-refractivity contribution is -0.137. The van der Waals surface area contributed by atoms with Crippen molar-refractivity contribution in [2.24, 2.45) is 0 Å². The molecule has 0 atom stereocenters. The van der Waals surface area contributed by atoms with Crippen molar-refractivity contribution in [3.63, 3.8) is 0 Å². The molecule has 1 N–H and O–H groups in total. The van der Waals surface area contributed by atoms with Gasteiger partial charge in [0, 0.05) is 11.8 Å². The highest BCUT2D eigenvalue weighted by Gasteiger charge is 2.30. The van der Waals surface area contributed by atoms with E-state index >= 15 is 0 Å². The van der Waals surface area contributed by atoms with Gasteiger partial charge >= 0.3 is 6.18 Å². The number of nitrogens with zero attached hydrogens (tertiary/aromatic N) is 1. The van der Waals surface area contributed by atoms with Crippen LogP contribution in [0, 0.1) is 11.3 Å². The second-order valence-corrected chi connectivity index (χ2v) is 6.30. The van der Waals surface area contributed by atoms with E-state index < -0.39 is 17.6 Å². The number of carbonyl (C=O) groups excluding carboxylic acids is 1. The quantitative estimate of drug-likeness (QED) is 0.444. The standard InChI is InChI=1S/C21H18ClF3N2O3/c1-3-29-18-9-13(17(22)11-19(18)30-4-2)8-14(12-26)20(28)27-16-7-5-6-15(10-16)21(23,24)25/h5-11H,3-4H2,1-2H3,(H,27,28)/b14-8-. The molecule has 1 amide bonds. The Labute approximate surface area is 176 Å². The summed E-state index contributed by atoms with van der Waals surface area (Å²) in [6.45, 7) is 4.31. The predicted molar refractivity (Wildman–Crippen MR) is 107 cm³/mol. The minimum absolute atomic E-state index is 0.0937. The van der Waals surface area contributed by atoms with Crippen LogP contribution in [0.15, 0.2) is 42.0 Å². The normalized spacial score (nSPS) is 11.6. The van der Waals surface area contributed by atoms with Crippen LogP contribution in [0.1, 0.15) is 25.0 Å². The second-order valence-electron chi connectivity index (χ2n) is 5.89. The van der Waals surface area contributed by atoms with Crippen LogP contribution >= 0.6 is 11.6 Å². The minimum atomic E-state index is -4.56. The SMILES string of the molecule is CCOc1cc(Cl)c(/C=C(/C#N)C(=O)Nc2cccc(C(F)(F)F)c2)cc1OCC. The fourth-order valence-corrected chi connectivity index (χ4v) is 2.68. The summed E-state index contributed by atoms with van der Waals surface area (Å²) < 4.78 is 49.5. The van der Waals surface area contributed by atoms with Crippen molar-refractivity contribution >= 4 is 29.3 Å². The number of halogens is 4. The molecule has 0 heterocycles. The van der Waals surface area contributed by atoms with Gasteiger partial charge in [0.15, 0.2) is 11.5 Å². The van der Waals surface area contributed by atoms with E-state index in [1.807, 2.05) is 0 Å². The van der Waals surface area contributed by atoms with E-state index in [4.69, 9.17) is 21.1 Å². The first-order valence-electron chi connectivity index (χ1n) is 8.89. The van der Waals surface area contributed by atoms with Crippen molar-refractivity contribution < 1.29 is 27.4 Å². The molecule has 0 saturated carbocycles. The number of alkyl halides is 3. The van der Waals surface area contributed by atoms with Gasteiger partial charge in [-0.15, -0.1) is 0 Å². The van der Waals surface area contributed by atoms with Crippen LogP contribution < -0.4 is 14.8 Å². The van der Waals surface area contributed by atoms with Crippen LogP contribution in [0.3, 0.4) is 0 Å².